The molecule has 29 heavy (non-hydrogen) atoms. The van der Waals surface area contributed by atoms with E-state index in [1.54, 1.807) is 23.8 Å². The summed E-state index contributed by atoms with van der Waals surface area (Å²) in [5.41, 5.74) is 2.08. The van der Waals surface area contributed by atoms with Gasteiger partial charge in [-0.1, -0.05) is 47.7 Å². The predicted molar refractivity (Wildman–Crippen MR) is 106 cm³/mol. The molecule has 1 aromatic heterocycles. The molecule has 0 spiro atoms. The van der Waals surface area contributed by atoms with Crippen molar-refractivity contribution >= 4 is 17.7 Å². The number of halogens is 3. The van der Waals surface area contributed by atoms with Gasteiger partial charge in [-0.25, -0.2) is 4.98 Å². The van der Waals surface area contributed by atoms with E-state index in [-0.39, 0.29) is 12.4 Å². The van der Waals surface area contributed by atoms with Crippen molar-refractivity contribution in [2.75, 3.05) is 12.4 Å². The minimum absolute atomic E-state index is 0.0111. The summed E-state index contributed by atoms with van der Waals surface area (Å²) < 4.78 is 46.2. The van der Waals surface area contributed by atoms with E-state index in [2.05, 4.69) is 4.98 Å². The maximum absolute atomic E-state index is 13.2. The number of aromatic nitrogens is 2. The van der Waals surface area contributed by atoms with Crippen LogP contribution in [0.2, 0.25) is 0 Å². The molecule has 0 aliphatic carbocycles. The van der Waals surface area contributed by atoms with Gasteiger partial charge in [-0.05, 0) is 32.0 Å². The third kappa shape index (κ3) is 5.00. The van der Waals surface area contributed by atoms with Gasteiger partial charge in [0.05, 0.1) is 29.8 Å². The number of esters is 1. The van der Waals surface area contributed by atoms with Gasteiger partial charge in [0.1, 0.15) is 0 Å². The fraction of sp³-hybridized carbons (Fsp3) is 0.238. The van der Waals surface area contributed by atoms with Gasteiger partial charge in [-0.3, -0.25) is 9.36 Å². The van der Waals surface area contributed by atoms with Gasteiger partial charge in [0.25, 0.3) is 0 Å². The van der Waals surface area contributed by atoms with E-state index in [9.17, 15) is 18.0 Å². The van der Waals surface area contributed by atoms with Crippen LogP contribution in [0.5, 0.6) is 0 Å². The number of hydrogen-bond donors (Lipinski definition) is 0. The number of rotatable bonds is 6. The molecule has 0 radical (unpaired) electrons. The van der Waals surface area contributed by atoms with Crippen LogP contribution in [0.3, 0.4) is 0 Å². The zero-order chi connectivity index (χ0) is 21.0. The maximum Gasteiger partial charge on any atom is 0.416 e. The molecule has 0 amide bonds. The van der Waals surface area contributed by atoms with E-state index < -0.39 is 17.7 Å². The van der Waals surface area contributed by atoms with Crippen LogP contribution in [0.4, 0.5) is 13.2 Å². The topological polar surface area (TPSA) is 44.1 Å². The summed E-state index contributed by atoms with van der Waals surface area (Å²) in [5.74, 6) is -0.398. The molecular weight excluding hydrogens is 401 g/mol. The maximum atomic E-state index is 13.2. The van der Waals surface area contributed by atoms with Crippen LogP contribution in [0.15, 0.2) is 59.9 Å². The van der Waals surface area contributed by atoms with Crippen LogP contribution in [-0.2, 0) is 15.7 Å². The molecular formula is C21H19F3N2O2S. The lowest BCUT2D eigenvalue weighted by atomic mass is 10.1. The van der Waals surface area contributed by atoms with Crippen LogP contribution >= 0.6 is 11.8 Å². The average Bonchev–Trinajstić information content (AvgIpc) is 3.10. The van der Waals surface area contributed by atoms with Crippen molar-refractivity contribution in [1.82, 2.24) is 9.55 Å². The Balaban J connectivity index is 2.07. The number of carbonyl (C=O) groups excluding carboxylic acids is 1. The van der Waals surface area contributed by atoms with Gasteiger partial charge in [0.15, 0.2) is 5.16 Å². The van der Waals surface area contributed by atoms with Gasteiger partial charge in [0.2, 0.25) is 0 Å². The molecule has 0 saturated heterocycles. The zero-order valence-electron chi connectivity index (χ0n) is 15.9. The number of ether oxygens (including phenoxy) is 1. The Bertz CT molecular complexity index is 998. The van der Waals surface area contributed by atoms with E-state index in [0.717, 1.165) is 35.0 Å². The van der Waals surface area contributed by atoms with Gasteiger partial charge in [-0.2, -0.15) is 13.2 Å². The van der Waals surface area contributed by atoms with Crippen molar-refractivity contribution in [1.29, 1.82) is 0 Å². The van der Waals surface area contributed by atoms with Gasteiger partial charge >= 0.3 is 12.1 Å². The fourth-order valence-electron chi connectivity index (χ4n) is 2.76. The SMILES string of the molecule is CCOC(=O)CSc1ncc(-c2ccc(C)cc2)n1-c1cccc(C(F)(F)F)c1. The Morgan fingerprint density at radius 2 is 1.90 bits per heavy atom. The monoisotopic (exact) mass is 420 g/mol. The quantitative estimate of drug-likeness (QED) is 0.389. The summed E-state index contributed by atoms with van der Waals surface area (Å²) in [6.07, 6.45) is -2.86. The molecule has 0 saturated carbocycles. The smallest absolute Gasteiger partial charge is 0.416 e. The Hall–Kier alpha value is -2.74. The van der Waals surface area contributed by atoms with Crippen LogP contribution in [0.1, 0.15) is 18.1 Å². The Morgan fingerprint density at radius 1 is 1.17 bits per heavy atom. The number of nitrogens with zero attached hydrogens (tertiary/aromatic N) is 2. The summed E-state index contributed by atoms with van der Waals surface area (Å²) in [4.78, 5) is 16.1. The average molecular weight is 420 g/mol. The van der Waals surface area contributed by atoms with E-state index in [4.69, 9.17) is 4.74 Å². The molecule has 0 atom stereocenters. The molecule has 1 heterocycles. The largest absolute Gasteiger partial charge is 0.465 e. The molecule has 0 N–H and O–H groups in total. The minimum atomic E-state index is -4.46. The standard InChI is InChI=1S/C21H19F3N2O2S/c1-3-28-19(27)13-29-20-25-12-18(15-9-7-14(2)8-10-15)26(20)17-6-4-5-16(11-17)21(22,23)24/h4-12H,3,13H2,1-2H3. The van der Waals surface area contributed by atoms with Crippen LogP contribution in [0.25, 0.3) is 16.9 Å². The number of aryl methyl sites for hydroxylation is 1. The zero-order valence-corrected chi connectivity index (χ0v) is 16.7. The van der Waals surface area contributed by atoms with Gasteiger partial charge in [-0.15, -0.1) is 0 Å². The van der Waals surface area contributed by atoms with Gasteiger partial charge in [0, 0.05) is 11.3 Å². The molecule has 0 unspecified atom stereocenters. The molecule has 4 nitrogen and oxygen atoms in total. The van der Waals surface area contributed by atoms with Crippen LogP contribution < -0.4 is 0 Å². The number of imidazole rings is 1. The first kappa shape index (κ1) is 21.0. The highest BCUT2D eigenvalue weighted by Gasteiger charge is 2.31. The molecule has 152 valence electrons. The van der Waals surface area contributed by atoms with E-state index in [0.29, 0.717) is 16.5 Å². The summed E-state index contributed by atoms with van der Waals surface area (Å²) >= 11 is 1.12. The molecule has 0 aliphatic heterocycles. The third-order valence-electron chi connectivity index (χ3n) is 4.13. The van der Waals surface area contributed by atoms with Crippen LogP contribution in [0, 0.1) is 6.92 Å². The number of thioether (sulfide) groups is 1. The number of hydrogen-bond acceptors (Lipinski definition) is 4. The first-order chi connectivity index (χ1) is 13.8. The number of alkyl halides is 3. The highest BCUT2D eigenvalue weighted by atomic mass is 32.2. The first-order valence-corrected chi connectivity index (χ1v) is 9.89. The van der Waals surface area contributed by atoms with E-state index in [1.165, 1.54) is 6.07 Å². The number of benzene rings is 2. The van der Waals surface area contributed by atoms with Crippen molar-refractivity contribution in [3.63, 3.8) is 0 Å². The summed E-state index contributed by atoms with van der Waals surface area (Å²) in [6.45, 7) is 3.92. The third-order valence-corrected chi connectivity index (χ3v) is 5.06. The van der Waals surface area contributed by atoms with Crippen molar-refractivity contribution in [2.24, 2.45) is 0 Å². The summed E-state index contributed by atoms with van der Waals surface area (Å²) in [7, 11) is 0. The van der Waals surface area contributed by atoms with Gasteiger partial charge < -0.3 is 4.74 Å². The minimum Gasteiger partial charge on any atom is -0.465 e. The normalized spacial score (nSPS) is 11.5. The lowest BCUT2D eigenvalue weighted by Gasteiger charge is -2.14. The molecule has 3 rings (SSSR count). The van der Waals surface area contributed by atoms with E-state index >= 15 is 0 Å². The molecule has 0 bridgehead atoms. The molecule has 3 aromatic rings. The molecule has 8 heteroatoms. The second-order valence-corrected chi connectivity index (χ2v) is 7.21. The lowest BCUT2D eigenvalue weighted by Crippen LogP contribution is -2.09. The molecule has 0 fully saturated rings. The van der Waals surface area contributed by atoms with Crippen molar-refractivity contribution in [3.05, 3.63) is 65.9 Å². The van der Waals surface area contributed by atoms with Crippen molar-refractivity contribution < 1.29 is 22.7 Å². The number of carbonyl (C=O) groups is 1. The highest BCUT2D eigenvalue weighted by Crippen LogP contribution is 2.34. The highest BCUT2D eigenvalue weighted by molar-refractivity contribution is 7.99. The summed E-state index contributed by atoms with van der Waals surface area (Å²) in [5, 5.41) is 0.410. The van der Waals surface area contributed by atoms with E-state index in [1.807, 2.05) is 31.2 Å². The Morgan fingerprint density at radius 3 is 2.55 bits per heavy atom. The predicted octanol–water partition coefficient (Wildman–Crippen LogP) is 5.52. The Labute approximate surface area is 170 Å². The van der Waals surface area contributed by atoms with Crippen LogP contribution in [-0.4, -0.2) is 27.9 Å². The van der Waals surface area contributed by atoms with Crippen molar-refractivity contribution in [2.45, 2.75) is 25.2 Å². The summed E-state index contributed by atoms with van der Waals surface area (Å²) in [6, 6.07) is 12.7. The van der Waals surface area contributed by atoms with Crippen molar-refractivity contribution in [3.8, 4) is 16.9 Å². The molecule has 2 aromatic carbocycles. The first-order valence-electron chi connectivity index (χ1n) is 8.90. The second kappa shape index (κ2) is 8.73. The fourth-order valence-corrected chi connectivity index (χ4v) is 3.55. The lowest BCUT2D eigenvalue weighted by molar-refractivity contribution is -0.140. The second-order valence-electron chi connectivity index (χ2n) is 6.27. The Kier molecular flexibility index (Phi) is 6.32. The molecule has 0 aliphatic rings.